The maximum absolute atomic E-state index is 6.65. The van der Waals surface area contributed by atoms with Crippen LogP contribution in [0.1, 0.15) is 0 Å². The van der Waals surface area contributed by atoms with Crippen molar-refractivity contribution in [3.63, 3.8) is 0 Å². The minimum atomic E-state index is 0.696. The third kappa shape index (κ3) is 3.03. The SMILES string of the molecule is Clc1ccccc1Nc1ccc2c(ccc3c4ccccc4n(-c4ccccc4Cl)c23)c1. The number of benzene rings is 5. The molecule has 6 rings (SSSR count). The summed E-state index contributed by atoms with van der Waals surface area (Å²) >= 11 is 13.0. The minimum Gasteiger partial charge on any atom is -0.354 e. The maximum Gasteiger partial charge on any atom is 0.0648 e. The van der Waals surface area contributed by atoms with Crippen LogP contribution in [0.15, 0.2) is 103 Å². The van der Waals surface area contributed by atoms with Gasteiger partial charge in [0.05, 0.1) is 32.5 Å². The molecule has 1 aromatic heterocycles. The van der Waals surface area contributed by atoms with Crippen LogP contribution in [0, 0.1) is 0 Å². The average Bonchev–Trinajstić information content (AvgIpc) is 3.15. The third-order valence-corrected chi connectivity index (χ3v) is 6.55. The van der Waals surface area contributed by atoms with Gasteiger partial charge in [-0.15, -0.1) is 0 Å². The molecule has 0 saturated carbocycles. The topological polar surface area (TPSA) is 17.0 Å². The zero-order chi connectivity index (χ0) is 21.7. The molecule has 0 aliphatic carbocycles. The molecule has 32 heavy (non-hydrogen) atoms. The summed E-state index contributed by atoms with van der Waals surface area (Å²) < 4.78 is 2.27. The molecule has 2 nitrogen and oxygen atoms in total. The number of anilines is 2. The molecule has 0 radical (unpaired) electrons. The van der Waals surface area contributed by atoms with Crippen molar-refractivity contribution < 1.29 is 0 Å². The number of rotatable bonds is 3. The lowest BCUT2D eigenvalue weighted by atomic mass is 10.0. The van der Waals surface area contributed by atoms with E-state index in [0.29, 0.717) is 5.02 Å². The molecular weight excluding hydrogens is 435 g/mol. The Labute approximate surface area is 195 Å². The van der Waals surface area contributed by atoms with Crippen LogP contribution in [0.5, 0.6) is 0 Å². The first-order valence-corrected chi connectivity index (χ1v) is 11.2. The van der Waals surface area contributed by atoms with Crippen LogP contribution in [-0.4, -0.2) is 4.57 Å². The van der Waals surface area contributed by atoms with Crippen LogP contribution in [0.25, 0.3) is 38.3 Å². The highest BCUT2D eigenvalue weighted by Gasteiger charge is 2.16. The number of halogens is 2. The molecule has 0 spiro atoms. The van der Waals surface area contributed by atoms with Crippen LogP contribution in [0.3, 0.4) is 0 Å². The van der Waals surface area contributed by atoms with Crippen LogP contribution in [-0.2, 0) is 0 Å². The van der Waals surface area contributed by atoms with Gasteiger partial charge in [-0.05, 0) is 47.9 Å². The molecule has 0 unspecified atom stereocenters. The molecule has 6 aromatic rings. The lowest BCUT2D eigenvalue weighted by Crippen LogP contribution is -1.96. The van der Waals surface area contributed by atoms with Crippen molar-refractivity contribution in [2.75, 3.05) is 5.32 Å². The smallest absolute Gasteiger partial charge is 0.0648 e. The average molecular weight is 453 g/mol. The summed E-state index contributed by atoms with van der Waals surface area (Å²) in [7, 11) is 0. The van der Waals surface area contributed by atoms with Gasteiger partial charge in [0, 0.05) is 21.8 Å². The van der Waals surface area contributed by atoms with E-state index in [1.54, 1.807) is 0 Å². The standard InChI is InChI=1S/C28H18Cl2N2/c29-23-8-2-4-10-25(23)31-19-14-16-20-18(17-19)13-15-22-21-7-1-5-11-26(21)32(28(20)22)27-12-6-3-9-24(27)30/h1-17,31H. The molecule has 0 saturated heterocycles. The summed E-state index contributed by atoms with van der Waals surface area (Å²) in [5, 5.41) is 9.59. The normalized spacial score (nSPS) is 11.4. The van der Waals surface area contributed by atoms with Gasteiger partial charge in [0.25, 0.3) is 0 Å². The van der Waals surface area contributed by atoms with E-state index >= 15 is 0 Å². The van der Waals surface area contributed by atoms with Gasteiger partial charge >= 0.3 is 0 Å². The van der Waals surface area contributed by atoms with Crippen LogP contribution >= 0.6 is 23.2 Å². The van der Waals surface area contributed by atoms with Crippen LogP contribution < -0.4 is 5.32 Å². The first-order valence-electron chi connectivity index (χ1n) is 10.4. The monoisotopic (exact) mass is 452 g/mol. The number of nitrogens with one attached hydrogen (secondary N) is 1. The molecule has 0 fully saturated rings. The van der Waals surface area contributed by atoms with Crippen LogP contribution in [0.2, 0.25) is 10.0 Å². The quantitative estimate of drug-likeness (QED) is 0.283. The van der Waals surface area contributed by atoms with Crippen molar-refractivity contribution in [2.45, 2.75) is 0 Å². The Morgan fingerprint density at radius 3 is 2.16 bits per heavy atom. The zero-order valence-corrected chi connectivity index (χ0v) is 18.5. The summed E-state index contributed by atoms with van der Waals surface area (Å²) in [4.78, 5) is 0. The van der Waals surface area contributed by atoms with Crippen molar-refractivity contribution in [1.82, 2.24) is 4.57 Å². The van der Waals surface area contributed by atoms with Gasteiger partial charge in [0.1, 0.15) is 0 Å². The van der Waals surface area contributed by atoms with Crippen molar-refractivity contribution >= 4 is 67.2 Å². The fraction of sp³-hybridized carbons (Fsp3) is 0. The van der Waals surface area contributed by atoms with E-state index in [-0.39, 0.29) is 0 Å². The Balaban J connectivity index is 1.63. The number of hydrogen-bond acceptors (Lipinski definition) is 1. The van der Waals surface area contributed by atoms with Crippen molar-refractivity contribution in [1.29, 1.82) is 0 Å². The van der Waals surface area contributed by atoms with E-state index in [1.807, 2.05) is 42.5 Å². The highest BCUT2D eigenvalue weighted by atomic mass is 35.5. The molecule has 0 atom stereocenters. The Kier molecular flexibility index (Phi) is 4.57. The maximum atomic E-state index is 6.65. The van der Waals surface area contributed by atoms with Crippen molar-refractivity contribution in [3.8, 4) is 5.69 Å². The minimum absolute atomic E-state index is 0.696. The predicted octanol–water partition coefficient (Wildman–Crippen LogP) is 8.99. The fourth-order valence-electron chi connectivity index (χ4n) is 4.47. The van der Waals surface area contributed by atoms with E-state index in [2.05, 4.69) is 70.5 Å². The molecule has 0 amide bonds. The zero-order valence-electron chi connectivity index (χ0n) is 17.0. The largest absolute Gasteiger partial charge is 0.354 e. The first-order chi connectivity index (χ1) is 15.7. The number of aromatic nitrogens is 1. The number of para-hydroxylation sites is 3. The summed E-state index contributed by atoms with van der Waals surface area (Å²) in [5.41, 5.74) is 5.15. The number of hydrogen-bond donors (Lipinski definition) is 1. The predicted molar refractivity (Wildman–Crippen MR) is 138 cm³/mol. The summed E-state index contributed by atoms with van der Waals surface area (Å²) in [6.07, 6.45) is 0. The van der Waals surface area contributed by atoms with Gasteiger partial charge in [0.15, 0.2) is 0 Å². The second-order valence-corrected chi connectivity index (χ2v) is 8.62. The van der Waals surface area contributed by atoms with Gasteiger partial charge < -0.3 is 9.88 Å². The summed E-state index contributed by atoms with van der Waals surface area (Å²) in [6.45, 7) is 0. The summed E-state index contributed by atoms with van der Waals surface area (Å²) in [5.74, 6) is 0. The van der Waals surface area contributed by atoms with Crippen molar-refractivity contribution in [3.05, 3.63) is 113 Å². The third-order valence-electron chi connectivity index (χ3n) is 5.90. The van der Waals surface area contributed by atoms with E-state index < -0.39 is 0 Å². The van der Waals surface area contributed by atoms with E-state index in [9.17, 15) is 0 Å². The van der Waals surface area contributed by atoms with Gasteiger partial charge in [-0.25, -0.2) is 0 Å². The Bertz CT molecular complexity index is 1630. The van der Waals surface area contributed by atoms with E-state index in [1.165, 1.54) is 16.2 Å². The second kappa shape index (κ2) is 7.59. The lowest BCUT2D eigenvalue weighted by Gasteiger charge is -2.13. The molecule has 0 aliphatic heterocycles. The van der Waals surface area contributed by atoms with E-state index in [4.69, 9.17) is 23.2 Å². The Morgan fingerprint density at radius 2 is 1.31 bits per heavy atom. The van der Waals surface area contributed by atoms with Gasteiger partial charge in [-0.3, -0.25) is 0 Å². The van der Waals surface area contributed by atoms with Gasteiger partial charge in [0.2, 0.25) is 0 Å². The number of nitrogens with zero attached hydrogens (tertiary/aromatic N) is 1. The Morgan fingerprint density at radius 1 is 0.594 bits per heavy atom. The molecule has 1 N–H and O–H groups in total. The van der Waals surface area contributed by atoms with Gasteiger partial charge in [-0.2, -0.15) is 0 Å². The molecular formula is C28H18Cl2N2. The molecule has 154 valence electrons. The lowest BCUT2D eigenvalue weighted by molar-refractivity contribution is 1.19. The number of fused-ring (bicyclic) bond motifs is 5. The van der Waals surface area contributed by atoms with Gasteiger partial charge in [-0.1, -0.05) is 83.9 Å². The molecule has 0 bridgehead atoms. The van der Waals surface area contributed by atoms with Crippen molar-refractivity contribution in [2.24, 2.45) is 0 Å². The highest BCUT2D eigenvalue weighted by molar-refractivity contribution is 6.33. The molecule has 5 aromatic carbocycles. The Hall–Kier alpha value is -3.46. The summed E-state index contributed by atoms with van der Waals surface area (Å²) in [6, 6.07) is 35.0. The second-order valence-electron chi connectivity index (χ2n) is 7.81. The highest BCUT2D eigenvalue weighted by Crippen LogP contribution is 2.39. The molecule has 0 aliphatic rings. The fourth-order valence-corrected chi connectivity index (χ4v) is 4.87. The van der Waals surface area contributed by atoms with Crippen LogP contribution in [0.4, 0.5) is 11.4 Å². The first kappa shape index (κ1) is 19.2. The molecule has 1 heterocycles. The van der Waals surface area contributed by atoms with E-state index in [0.717, 1.165) is 38.5 Å². The molecule has 4 heteroatoms.